The van der Waals surface area contributed by atoms with Crippen molar-refractivity contribution in [2.45, 2.75) is 38.3 Å². The van der Waals surface area contributed by atoms with Crippen molar-refractivity contribution in [3.05, 3.63) is 78.4 Å². The molecule has 0 fully saturated rings. The number of sulfonamides is 1. The maximum absolute atomic E-state index is 13.3. The zero-order valence-corrected chi connectivity index (χ0v) is 16.4. The summed E-state index contributed by atoms with van der Waals surface area (Å²) < 4.78 is 28.0. The van der Waals surface area contributed by atoms with E-state index in [1.807, 2.05) is 44.2 Å². The standard InChI is InChI=1S/C21H27NO3S/c1-5-21(4,18(3)23)16-22(15-19-9-7-6-8-10-19)26(24,25)20-13-11-17(2)12-14-20/h5-14,18,23H,1,15-16H2,2-4H3/t18-,21-/m0/s1. The van der Waals surface area contributed by atoms with E-state index in [4.69, 9.17) is 0 Å². The third-order valence-electron chi connectivity index (χ3n) is 4.80. The van der Waals surface area contributed by atoms with Crippen LogP contribution in [-0.4, -0.2) is 30.5 Å². The van der Waals surface area contributed by atoms with Gasteiger partial charge in [-0.05, 0) is 31.5 Å². The largest absolute Gasteiger partial charge is 0.392 e. The maximum atomic E-state index is 13.3. The van der Waals surface area contributed by atoms with Crippen LogP contribution in [0.3, 0.4) is 0 Å². The Morgan fingerprint density at radius 3 is 2.23 bits per heavy atom. The lowest BCUT2D eigenvalue weighted by Gasteiger charge is -2.35. The van der Waals surface area contributed by atoms with Crippen molar-refractivity contribution >= 4 is 10.0 Å². The molecule has 140 valence electrons. The van der Waals surface area contributed by atoms with Crippen molar-refractivity contribution < 1.29 is 13.5 Å². The van der Waals surface area contributed by atoms with Gasteiger partial charge in [0.1, 0.15) is 0 Å². The molecule has 0 aromatic heterocycles. The van der Waals surface area contributed by atoms with Gasteiger partial charge in [-0.25, -0.2) is 8.42 Å². The fourth-order valence-corrected chi connectivity index (χ4v) is 4.16. The van der Waals surface area contributed by atoms with Crippen molar-refractivity contribution in [2.75, 3.05) is 6.54 Å². The SMILES string of the molecule is C=C[C@@](C)(CN(Cc1ccccc1)S(=O)(=O)c1ccc(C)cc1)[C@H](C)O. The van der Waals surface area contributed by atoms with Gasteiger partial charge < -0.3 is 5.11 Å². The number of rotatable bonds is 8. The summed E-state index contributed by atoms with van der Waals surface area (Å²) in [6.07, 6.45) is 0.895. The monoisotopic (exact) mass is 373 g/mol. The lowest BCUT2D eigenvalue weighted by molar-refractivity contribution is 0.0716. The van der Waals surface area contributed by atoms with Crippen LogP contribution in [0.2, 0.25) is 0 Å². The summed E-state index contributed by atoms with van der Waals surface area (Å²) in [5.41, 5.74) is 1.13. The highest BCUT2D eigenvalue weighted by atomic mass is 32.2. The van der Waals surface area contributed by atoms with Crippen LogP contribution in [0.5, 0.6) is 0 Å². The van der Waals surface area contributed by atoms with E-state index >= 15 is 0 Å². The lowest BCUT2D eigenvalue weighted by atomic mass is 9.85. The van der Waals surface area contributed by atoms with E-state index in [1.165, 1.54) is 4.31 Å². The van der Waals surface area contributed by atoms with Crippen molar-refractivity contribution in [1.82, 2.24) is 4.31 Å². The summed E-state index contributed by atoms with van der Waals surface area (Å²) >= 11 is 0. The Hall–Kier alpha value is -1.95. The van der Waals surface area contributed by atoms with Crippen LogP contribution in [0.4, 0.5) is 0 Å². The van der Waals surface area contributed by atoms with Crippen molar-refractivity contribution in [3.63, 3.8) is 0 Å². The molecule has 0 saturated heterocycles. The van der Waals surface area contributed by atoms with Gasteiger partial charge in [0.15, 0.2) is 0 Å². The predicted molar refractivity (Wildman–Crippen MR) is 105 cm³/mol. The molecule has 4 nitrogen and oxygen atoms in total. The van der Waals surface area contributed by atoms with E-state index in [-0.39, 0.29) is 18.0 Å². The Bertz CT molecular complexity index is 829. The van der Waals surface area contributed by atoms with Crippen LogP contribution in [-0.2, 0) is 16.6 Å². The normalized spacial score (nSPS) is 15.4. The third-order valence-corrected chi connectivity index (χ3v) is 6.60. The zero-order chi connectivity index (χ0) is 19.4. The fourth-order valence-electron chi connectivity index (χ4n) is 2.62. The first-order chi connectivity index (χ1) is 12.2. The molecular weight excluding hydrogens is 346 g/mol. The average Bonchev–Trinajstić information content (AvgIpc) is 2.62. The lowest BCUT2D eigenvalue weighted by Crippen LogP contribution is -2.43. The van der Waals surface area contributed by atoms with E-state index in [2.05, 4.69) is 6.58 Å². The Morgan fingerprint density at radius 1 is 1.15 bits per heavy atom. The molecule has 2 aromatic rings. The minimum absolute atomic E-state index is 0.138. The Labute approximate surface area is 156 Å². The second-order valence-corrected chi connectivity index (χ2v) is 8.90. The predicted octanol–water partition coefficient (Wildman–Crippen LogP) is 3.76. The van der Waals surface area contributed by atoms with E-state index in [1.54, 1.807) is 37.3 Å². The smallest absolute Gasteiger partial charge is 0.243 e. The van der Waals surface area contributed by atoms with Crippen LogP contribution in [0.25, 0.3) is 0 Å². The molecule has 5 heteroatoms. The molecule has 2 aromatic carbocycles. The van der Waals surface area contributed by atoms with Crippen molar-refractivity contribution in [1.29, 1.82) is 0 Å². The molecule has 0 saturated carbocycles. The molecule has 0 amide bonds. The molecule has 2 atom stereocenters. The molecule has 0 heterocycles. The number of nitrogens with zero attached hydrogens (tertiary/aromatic N) is 1. The molecule has 0 aliphatic heterocycles. The number of hydrogen-bond acceptors (Lipinski definition) is 3. The molecule has 0 aliphatic rings. The first-order valence-electron chi connectivity index (χ1n) is 8.61. The van der Waals surface area contributed by atoms with E-state index in [9.17, 15) is 13.5 Å². The van der Waals surface area contributed by atoms with E-state index in [0.717, 1.165) is 11.1 Å². The van der Waals surface area contributed by atoms with Gasteiger partial charge in [-0.1, -0.05) is 61.0 Å². The zero-order valence-electron chi connectivity index (χ0n) is 15.6. The minimum atomic E-state index is -3.72. The van der Waals surface area contributed by atoms with Crippen LogP contribution < -0.4 is 0 Å². The molecule has 0 radical (unpaired) electrons. The summed E-state index contributed by atoms with van der Waals surface area (Å²) in [4.78, 5) is 0.246. The van der Waals surface area contributed by atoms with Gasteiger partial charge in [-0.2, -0.15) is 4.31 Å². The molecule has 26 heavy (non-hydrogen) atoms. The van der Waals surface area contributed by atoms with Gasteiger partial charge in [-0.3, -0.25) is 0 Å². The van der Waals surface area contributed by atoms with Gasteiger partial charge >= 0.3 is 0 Å². The summed E-state index contributed by atoms with van der Waals surface area (Å²) in [5, 5.41) is 10.2. The second-order valence-electron chi connectivity index (χ2n) is 6.96. The van der Waals surface area contributed by atoms with Crippen molar-refractivity contribution in [3.8, 4) is 0 Å². The maximum Gasteiger partial charge on any atom is 0.243 e. The van der Waals surface area contributed by atoms with Crippen LogP contribution >= 0.6 is 0 Å². The topological polar surface area (TPSA) is 57.6 Å². The number of aliphatic hydroxyl groups excluding tert-OH is 1. The van der Waals surface area contributed by atoms with Crippen LogP contribution in [0, 0.1) is 12.3 Å². The fraction of sp³-hybridized carbons (Fsp3) is 0.333. The summed E-state index contributed by atoms with van der Waals surface area (Å²) in [6, 6.07) is 16.3. The summed E-state index contributed by atoms with van der Waals surface area (Å²) in [6.45, 7) is 9.55. The molecule has 0 spiro atoms. The van der Waals surface area contributed by atoms with Gasteiger partial charge in [0.25, 0.3) is 0 Å². The molecule has 0 unspecified atom stereocenters. The molecule has 1 N–H and O–H groups in total. The molecular formula is C21H27NO3S. The Kier molecular flexibility index (Phi) is 6.39. The highest BCUT2D eigenvalue weighted by molar-refractivity contribution is 7.89. The highest BCUT2D eigenvalue weighted by Crippen LogP contribution is 2.29. The minimum Gasteiger partial charge on any atom is -0.392 e. The van der Waals surface area contributed by atoms with Gasteiger partial charge in [0.05, 0.1) is 11.0 Å². The number of aliphatic hydroxyl groups is 1. The number of hydrogen-bond donors (Lipinski definition) is 1. The molecule has 0 bridgehead atoms. The van der Waals surface area contributed by atoms with Gasteiger partial charge in [0.2, 0.25) is 10.0 Å². The first kappa shape index (κ1) is 20.4. The van der Waals surface area contributed by atoms with Crippen LogP contribution in [0.1, 0.15) is 25.0 Å². The summed E-state index contributed by atoms with van der Waals surface area (Å²) in [7, 11) is -3.72. The quantitative estimate of drug-likeness (QED) is 0.717. The molecule has 0 aliphatic carbocycles. The van der Waals surface area contributed by atoms with Gasteiger partial charge in [0, 0.05) is 18.5 Å². The first-order valence-corrected chi connectivity index (χ1v) is 10.1. The number of benzene rings is 2. The van der Waals surface area contributed by atoms with Gasteiger partial charge in [-0.15, -0.1) is 6.58 Å². The third kappa shape index (κ3) is 4.61. The van der Waals surface area contributed by atoms with E-state index < -0.39 is 21.5 Å². The Morgan fingerprint density at radius 2 is 1.73 bits per heavy atom. The number of aryl methyl sites for hydroxylation is 1. The highest BCUT2D eigenvalue weighted by Gasteiger charge is 2.35. The van der Waals surface area contributed by atoms with E-state index in [0.29, 0.717) is 0 Å². The second kappa shape index (κ2) is 8.16. The van der Waals surface area contributed by atoms with Crippen molar-refractivity contribution in [2.24, 2.45) is 5.41 Å². The Balaban J connectivity index is 2.45. The van der Waals surface area contributed by atoms with Crippen LogP contribution in [0.15, 0.2) is 72.1 Å². The average molecular weight is 374 g/mol. The summed E-state index contributed by atoms with van der Waals surface area (Å²) in [5.74, 6) is 0. The molecule has 2 rings (SSSR count).